The number of anilines is 1. The number of para-hydroxylation sites is 1. The van der Waals surface area contributed by atoms with Crippen LogP contribution in [0.3, 0.4) is 0 Å². The molecule has 0 aromatic heterocycles. The van der Waals surface area contributed by atoms with Crippen molar-refractivity contribution in [3.05, 3.63) is 94.7 Å². The molecule has 2 N–H and O–H groups in total. The Labute approximate surface area is 246 Å². The van der Waals surface area contributed by atoms with E-state index < -0.39 is 5.92 Å². The van der Waals surface area contributed by atoms with Crippen molar-refractivity contribution >= 4 is 23.1 Å². The standard InChI is InChI=1S/C34H36N2O6/c1-34(2)18-24-29(25(37)19-34)28(22-13-10-14-27(41-5)32(22)42-6)30(31(38)20-11-8-7-9-12-20)33(35)36(24)23-17-21(39-3)15-16-26(23)40-4/h7-17,28,35,38H,18-19H2,1-6H3/b31-30+,35-33?. The van der Waals surface area contributed by atoms with Gasteiger partial charge in [0, 0.05) is 40.5 Å². The van der Waals surface area contributed by atoms with Gasteiger partial charge in [-0.15, -0.1) is 0 Å². The normalized spacial score (nSPS) is 19.3. The van der Waals surface area contributed by atoms with Crippen molar-refractivity contribution in [1.29, 1.82) is 5.41 Å². The van der Waals surface area contributed by atoms with E-state index in [4.69, 9.17) is 18.9 Å². The lowest BCUT2D eigenvalue weighted by molar-refractivity contribution is -0.118. The Kier molecular flexibility index (Phi) is 7.73. The van der Waals surface area contributed by atoms with Crippen LogP contribution < -0.4 is 23.8 Å². The summed E-state index contributed by atoms with van der Waals surface area (Å²) in [5.41, 5.74) is 2.75. The van der Waals surface area contributed by atoms with Crippen molar-refractivity contribution < 1.29 is 28.8 Å². The average molecular weight is 569 g/mol. The van der Waals surface area contributed by atoms with Gasteiger partial charge in [0.15, 0.2) is 17.3 Å². The predicted molar refractivity (Wildman–Crippen MR) is 163 cm³/mol. The number of Topliss-reactive ketones (excluding diaryl/α,β-unsaturated/α-hetero) is 1. The molecule has 3 aromatic rings. The number of aliphatic hydroxyl groups excluding tert-OH is 1. The van der Waals surface area contributed by atoms with Crippen molar-refractivity contribution in [2.24, 2.45) is 5.41 Å². The van der Waals surface area contributed by atoms with Gasteiger partial charge in [-0.05, 0) is 30.0 Å². The van der Waals surface area contributed by atoms with Gasteiger partial charge in [-0.1, -0.05) is 56.3 Å². The van der Waals surface area contributed by atoms with E-state index in [1.165, 1.54) is 0 Å². The maximum absolute atomic E-state index is 14.3. The second-order valence-electron chi connectivity index (χ2n) is 11.2. The van der Waals surface area contributed by atoms with E-state index in [-0.39, 0.29) is 28.4 Å². The molecule has 0 amide bonds. The molecule has 0 saturated carbocycles. The van der Waals surface area contributed by atoms with Crippen LogP contribution in [0.4, 0.5) is 5.69 Å². The highest BCUT2D eigenvalue weighted by molar-refractivity contribution is 6.20. The summed E-state index contributed by atoms with van der Waals surface area (Å²) >= 11 is 0. The van der Waals surface area contributed by atoms with Crippen LogP contribution in [0.5, 0.6) is 23.0 Å². The molecule has 2 aliphatic rings. The van der Waals surface area contributed by atoms with Gasteiger partial charge in [0.1, 0.15) is 23.1 Å². The van der Waals surface area contributed by atoms with Gasteiger partial charge in [0.05, 0.1) is 40.0 Å². The van der Waals surface area contributed by atoms with Gasteiger partial charge in [0.2, 0.25) is 0 Å². The highest BCUT2D eigenvalue weighted by atomic mass is 16.5. The third kappa shape index (κ3) is 4.87. The number of ether oxygens (including phenoxy) is 4. The maximum atomic E-state index is 14.3. The molecule has 5 rings (SSSR count). The number of benzene rings is 3. The topological polar surface area (TPSA) is 101 Å². The molecular weight excluding hydrogens is 532 g/mol. The average Bonchev–Trinajstić information content (AvgIpc) is 2.99. The fourth-order valence-corrected chi connectivity index (χ4v) is 6.05. The Balaban J connectivity index is 1.93. The quantitative estimate of drug-likeness (QED) is 0.299. The molecule has 1 atom stereocenters. The summed E-state index contributed by atoms with van der Waals surface area (Å²) in [5.74, 6) is 1.04. The highest BCUT2D eigenvalue weighted by Gasteiger charge is 2.48. The molecule has 1 unspecified atom stereocenters. The third-order valence-electron chi connectivity index (χ3n) is 7.90. The molecule has 1 aliphatic carbocycles. The van der Waals surface area contributed by atoms with Crippen LogP contribution in [-0.4, -0.2) is 45.2 Å². The van der Waals surface area contributed by atoms with Gasteiger partial charge in [-0.2, -0.15) is 0 Å². The van der Waals surface area contributed by atoms with E-state index in [9.17, 15) is 15.3 Å². The van der Waals surface area contributed by atoms with Crippen LogP contribution in [0.2, 0.25) is 0 Å². The Morgan fingerprint density at radius 1 is 0.881 bits per heavy atom. The number of carbonyl (C=O) groups is 1. The minimum Gasteiger partial charge on any atom is -0.507 e. The molecule has 1 heterocycles. The molecule has 0 fully saturated rings. The van der Waals surface area contributed by atoms with Gasteiger partial charge < -0.3 is 24.1 Å². The summed E-state index contributed by atoms with van der Waals surface area (Å²) < 4.78 is 22.7. The Morgan fingerprint density at radius 3 is 2.24 bits per heavy atom. The first kappa shape index (κ1) is 28.8. The SMILES string of the molecule is COc1ccc(OC)c(N2C(=N)/C(=C(/O)c3ccccc3)C(c3cccc(OC)c3OC)C3=C2CC(C)(C)CC3=O)c1. The summed E-state index contributed by atoms with van der Waals surface area (Å²) in [6.07, 6.45) is 0.823. The van der Waals surface area contributed by atoms with Crippen molar-refractivity contribution in [2.45, 2.75) is 32.6 Å². The number of nitrogens with zero attached hydrogens (tertiary/aromatic N) is 1. The van der Waals surface area contributed by atoms with Gasteiger partial charge in [-0.25, -0.2) is 0 Å². The number of hydrogen-bond donors (Lipinski definition) is 2. The molecule has 8 nitrogen and oxygen atoms in total. The number of aliphatic hydroxyl groups is 1. The Bertz CT molecular complexity index is 1610. The lowest BCUT2D eigenvalue weighted by Gasteiger charge is -2.45. The van der Waals surface area contributed by atoms with E-state index in [2.05, 4.69) is 0 Å². The fraction of sp³-hybridized carbons (Fsp3) is 0.294. The Morgan fingerprint density at radius 2 is 1.60 bits per heavy atom. The number of hydrogen-bond acceptors (Lipinski definition) is 7. The number of amidine groups is 1. The zero-order valence-electron chi connectivity index (χ0n) is 24.8. The third-order valence-corrected chi connectivity index (χ3v) is 7.90. The van der Waals surface area contributed by atoms with Crippen LogP contribution in [-0.2, 0) is 4.79 Å². The number of allylic oxidation sites excluding steroid dienone is 2. The first-order valence-corrected chi connectivity index (χ1v) is 13.7. The summed E-state index contributed by atoms with van der Waals surface area (Å²) in [6.45, 7) is 4.10. The minimum absolute atomic E-state index is 0.0158. The largest absolute Gasteiger partial charge is 0.507 e. The zero-order chi connectivity index (χ0) is 30.2. The van der Waals surface area contributed by atoms with Gasteiger partial charge in [-0.3, -0.25) is 15.1 Å². The van der Waals surface area contributed by atoms with E-state index >= 15 is 0 Å². The summed E-state index contributed by atoms with van der Waals surface area (Å²) in [4.78, 5) is 16.0. The van der Waals surface area contributed by atoms with Crippen LogP contribution in [0.25, 0.3) is 5.76 Å². The number of nitrogens with one attached hydrogen (secondary N) is 1. The first-order valence-electron chi connectivity index (χ1n) is 13.7. The van der Waals surface area contributed by atoms with Crippen molar-refractivity contribution in [3.63, 3.8) is 0 Å². The van der Waals surface area contributed by atoms with Gasteiger partial charge in [0.25, 0.3) is 0 Å². The molecule has 42 heavy (non-hydrogen) atoms. The van der Waals surface area contributed by atoms with Crippen LogP contribution >= 0.6 is 0 Å². The number of carbonyl (C=O) groups excluding carboxylic acids is 1. The lowest BCUT2D eigenvalue weighted by atomic mass is 9.67. The van der Waals surface area contributed by atoms with E-state index in [1.807, 2.05) is 44.2 Å². The van der Waals surface area contributed by atoms with Crippen molar-refractivity contribution in [2.75, 3.05) is 33.3 Å². The summed E-state index contributed by atoms with van der Waals surface area (Å²) in [6, 6.07) is 19.9. The second-order valence-corrected chi connectivity index (χ2v) is 11.2. The smallest absolute Gasteiger partial charge is 0.164 e. The van der Waals surface area contributed by atoms with Crippen LogP contribution in [0.15, 0.2) is 83.6 Å². The minimum atomic E-state index is -0.797. The molecule has 0 spiro atoms. The van der Waals surface area contributed by atoms with Crippen LogP contribution in [0.1, 0.15) is 43.7 Å². The Hall–Kier alpha value is -4.72. The van der Waals surface area contributed by atoms with Crippen molar-refractivity contribution in [3.8, 4) is 23.0 Å². The van der Waals surface area contributed by atoms with E-state index in [0.717, 1.165) is 0 Å². The second kappa shape index (κ2) is 11.3. The monoisotopic (exact) mass is 568 g/mol. The maximum Gasteiger partial charge on any atom is 0.164 e. The number of rotatable bonds is 7. The van der Waals surface area contributed by atoms with Gasteiger partial charge >= 0.3 is 0 Å². The van der Waals surface area contributed by atoms with E-state index in [1.54, 1.807) is 69.7 Å². The molecule has 0 bridgehead atoms. The molecule has 0 saturated heterocycles. The lowest BCUT2D eigenvalue weighted by Crippen LogP contribution is -2.45. The summed E-state index contributed by atoms with van der Waals surface area (Å²) in [7, 11) is 6.23. The molecule has 218 valence electrons. The molecule has 8 heteroatoms. The predicted octanol–water partition coefficient (Wildman–Crippen LogP) is 6.91. The zero-order valence-corrected chi connectivity index (χ0v) is 24.8. The number of ketones is 1. The molecule has 3 aromatic carbocycles. The van der Waals surface area contributed by atoms with Crippen LogP contribution in [0, 0.1) is 10.8 Å². The fourth-order valence-electron chi connectivity index (χ4n) is 6.05. The molecule has 1 aliphatic heterocycles. The summed E-state index contributed by atoms with van der Waals surface area (Å²) in [5, 5.41) is 21.7. The van der Waals surface area contributed by atoms with E-state index in [0.29, 0.717) is 63.9 Å². The van der Waals surface area contributed by atoms with Crippen molar-refractivity contribution in [1.82, 2.24) is 0 Å². The first-order chi connectivity index (χ1) is 20.1. The number of methoxy groups -OCH3 is 4. The molecular formula is C34H36N2O6. The molecule has 0 radical (unpaired) electrons. The highest BCUT2D eigenvalue weighted by Crippen LogP contribution is 2.54.